The second-order valence-electron chi connectivity index (χ2n) is 8.80. The first-order valence-corrected chi connectivity index (χ1v) is 11.1. The number of aryl methyl sites for hydroxylation is 2. The molecule has 2 atom stereocenters. The number of aliphatic hydroxyl groups is 1. The van der Waals surface area contributed by atoms with Crippen molar-refractivity contribution in [3.8, 4) is 5.75 Å². The summed E-state index contributed by atoms with van der Waals surface area (Å²) >= 11 is 0. The van der Waals surface area contributed by atoms with Crippen LogP contribution in [-0.2, 0) is 16.0 Å². The van der Waals surface area contributed by atoms with Gasteiger partial charge in [0.15, 0.2) is 0 Å². The highest BCUT2D eigenvalue weighted by atomic mass is 16.5. The van der Waals surface area contributed by atoms with Crippen molar-refractivity contribution in [2.75, 3.05) is 4.90 Å². The first-order chi connectivity index (χ1) is 15.8. The summed E-state index contributed by atoms with van der Waals surface area (Å²) in [6.07, 6.45) is 0.798. The Morgan fingerprint density at radius 3 is 2.45 bits per heavy atom. The van der Waals surface area contributed by atoms with Gasteiger partial charge in [-0.2, -0.15) is 0 Å². The number of rotatable bonds is 3. The Hall–Kier alpha value is -3.86. The number of hydrogen-bond acceptors (Lipinski definition) is 4. The normalized spacial score (nSPS) is 21.2. The highest BCUT2D eigenvalue weighted by molar-refractivity contribution is 6.51. The van der Waals surface area contributed by atoms with E-state index in [1.54, 1.807) is 6.07 Å². The Kier molecular flexibility index (Phi) is 5.05. The molecule has 2 heterocycles. The van der Waals surface area contributed by atoms with Crippen LogP contribution in [0.3, 0.4) is 0 Å². The number of Topliss-reactive ketones (excluding diaryl/α,β-unsaturated/α-hetero) is 1. The van der Waals surface area contributed by atoms with Crippen LogP contribution in [0.1, 0.15) is 40.8 Å². The summed E-state index contributed by atoms with van der Waals surface area (Å²) in [5, 5.41) is 11.3. The average molecular weight is 440 g/mol. The highest BCUT2D eigenvalue weighted by Gasteiger charge is 2.47. The summed E-state index contributed by atoms with van der Waals surface area (Å²) in [5.74, 6) is -0.721. The van der Waals surface area contributed by atoms with Crippen LogP contribution in [0.2, 0.25) is 0 Å². The summed E-state index contributed by atoms with van der Waals surface area (Å²) in [7, 11) is 0. The quantitative estimate of drug-likeness (QED) is 0.344. The monoisotopic (exact) mass is 439 g/mol. The molecule has 5 nitrogen and oxygen atoms in total. The molecule has 0 aliphatic carbocycles. The molecule has 2 unspecified atom stereocenters. The number of hydrogen-bond donors (Lipinski definition) is 1. The third kappa shape index (κ3) is 3.50. The minimum Gasteiger partial charge on any atom is -0.507 e. The largest absolute Gasteiger partial charge is 0.507 e. The fourth-order valence-corrected chi connectivity index (χ4v) is 4.65. The number of ketones is 1. The van der Waals surface area contributed by atoms with Gasteiger partial charge in [0.05, 0.1) is 11.6 Å². The van der Waals surface area contributed by atoms with Gasteiger partial charge < -0.3 is 9.84 Å². The number of carbonyl (C=O) groups excluding carboxylic acids is 2. The van der Waals surface area contributed by atoms with Crippen molar-refractivity contribution in [2.45, 2.75) is 39.3 Å². The van der Waals surface area contributed by atoms with Gasteiger partial charge in [-0.05, 0) is 73.4 Å². The zero-order valence-electron chi connectivity index (χ0n) is 18.8. The van der Waals surface area contributed by atoms with Crippen LogP contribution >= 0.6 is 0 Å². The van der Waals surface area contributed by atoms with Crippen molar-refractivity contribution in [1.82, 2.24) is 0 Å². The van der Waals surface area contributed by atoms with Crippen LogP contribution in [0.4, 0.5) is 5.69 Å². The predicted molar refractivity (Wildman–Crippen MR) is 127 cm³/mol. The molecule has 5 rings (SSSR count). The highest BCUT2D eigenvalue weighted by Crippen LogP contribution is 2.43. The fraction of sp³-hybridized carbons (Fsp3) is 0.214. The maximum atomic E-state index is 13.3. The zero-order chi connectivity index (χ0) is 23.3. The van der Waals surface area contributed by atoms with Crippen molar-refractivity contribution in [2.24, 2.45) is 0 Å². The van der Waals surface area contributed by atoms with E-state index in [0.717, 1.165) is 34.4 Å². The Labute approximate surface area is 192 Å². The summed E-state index contributed by atoms with van der Waals surface area (Å²) in [5.41, 5.74) is 5.09. The van der Waals surface area contributed by atoms with Gasteiger partial charge in [0.25, 0.3) is 11.7 Å². The lowest BCUT2D eigenvalue weighted by Crippen LogP contribution is -2.29. The van der Waals surface area contributed by atoms with Crippen molar-refractivity contribution in [1.29, 1.82) is 0 Å². The Morgan fingerprint density at radius 2 is 1.73 bits per heavy atom. The summed E-state index contributed by atoms with van der Waals surface area (Å²) < 4.78 is 5.76. The lowest BCUT2D eigenvalue weighted by Gasteiger charge is -2.26. The smallest absolute Gasteiger partial charge is 0.300 e. The number of carbonyl (C=O) groups is 2. The number of fused-ring (bicyclic) bond motifs is 1. The first kappa shape index (κ1) is 21.0. The van der Waals surface area contributed by atoms with E-state index >= 15 is 0 Å². The standard InChI is InChI=1S/C28H25NO4/c1-16-9-11-22(13-17(16)2)29-25(19-7-5-4-6-8-19)24(27(31)28(29)32)26(30)20-10-12-23-21(15-20)14-18(3)33-23/h4-13,15,18,25,30H,14H2,1-3H3/b26-24-. The molecule has 5 heteroatoms. The number of anilines is 1. The second-order valence-corrected chi connectivity index (χ2v) is 8.80. The molecule has 1 amide bonds. The van der Waals surface area contributed by atoms with Gasteiger partial charge in [0, 0.05) is 17.7 Å². The molecule has 3 aromatic rings. The molecular weight excluding hydrogens is 414 g/mol. The van der Waals surface area contributed by atoms with Crippen LogP contribution in [0.15, 0.2) is 72.3 Å². The van der Waals surface area contributed by atoms with E-state index in [1.807, 2.05) is 81.4 Å². The Morgan fingerprint density at radius 1 is 0.970 bits per heavy atom. The van der Waals surface area contributed by atoms with Crippen LogP contribution in [0, 0.1) is 13.8 Å². The molecule has 1 N–H and O–H groups in total. The lowest BCUT2D eigenvalue weighted by molar-refractivity contribution is -0.132. The molecule has 2 aliphatic rings. The van der Waals surface area contributed by atoms with E-state index in [0.29, 0.717) is 11.3 Å². The summed E-state index contributed by atoms with van der Waals surface area (Å²) in [4.78, 5) is 28.1. The number of amides is 1. The SMILES string of the molecule is Cc1ccc(N2C(=O)C(=O)/C(=C(\O)c3ccc4c(c3)CC(C)O4)C2c2ccccc2)cc1C. The van der Waals surface area contributed by atoms with Crippen molar-refractivity contribution >= 4 is 23.1 Å². The molecule has 0 spiro atoms. The van der Waals surface area contributed by atoms with Gasteiger partial charge in [-0.3, -0.25) is 14.5 Å². The van der Waals surface area contributed by atoms with Crippen molar-refractivity contribution < 1.29 is 19.4 Å². The fourth-order valence-electron chi connectivity index (χ4n) is 4.65. The number of benzene rings is 3. The predicted octanol–water partition coefficient (Wildman–Crippen LogP) is 5.25. The molecule has 1 saturated heterocycles. The molecule has 0 bridgehead atoms. The molecule has 0 aromatic heterocycles. The minimum absolute atomic E-state index is 0.0667. The van der Waals surface area contributed by atoms with Gasteiger partial charge >= 0.3 is 0 Å². The number of ether oxygens (including phenoxy) is 1. The van der Waals surface area contributed by atoms with E-state index in [1.165, 1.54) is 4.90 Å². The summed E-state index contributed by atoms with van der Waals surface area (Å²) in [6.45, 7) is 5.96. The molecule has 166 valence electrons. The molecule has 2 aliphatic heterocycles. The molecule has 1 fully saturated rings. The van der Waals surface area contributed by atoms with Gasteiger partial charge in [0.2, 0.25) is 0 Å². The van der Waals surface area contributed by atoms with Gasteiger partial charge in [-0.1, -0.05) is 36.4 Å². The van der Waals surface area contributed by atoms with Gasteiger partial charge in [-0.15, -0.1) is 0 Å². The van der Waals surface area contributed by atoms with E-state index in [4.69, 9.17) is 4.74 Å². The Balaban J connectivity index is 1.69. The van der Waals surface area contributed by atoms with Crippen LogP contribution < -0.4 is 9.64 Å². The third-order valence-electron chi connectivity index (χ3n) is 6.50. The second kappa shape index (κ2) is 7.93. The summed E-state index contributed by atoms with van der Waals surface area (Å²) in [6, 6.07) is 19.7. The molecule has 33 heavy (non-hydrogen) atoms. The number of nitrogens with zero attached hydrogens (tertiary/aromatic N) is 1. The average Bonchev–Trinajstić information content (AvgIpc) is 3.31. The van der Waals surface area contributed by atoms with Crippen molar-refractivity contribution in [3.63, 3.8) is 0 Å². The van der Waals surface area contributed by atoms with Crippen LogP contribution in [0.25, 0.3) is 5.76 Å². The minimum atomic E-state index is -0.725. The lowest BCUT2D eigenvalue weighted by atomic mass is 9.94. The van der Waals surface area contributed by atoms with Crippen molar-refractivity contribution in [3.05, 3.63) is 100 Å². The van der Waals surface area contributed by atoms with E-state index in [-0.39, 0.29) is 17.4 Å². The molecule has 0 radical (unpaired) electrons. The first-order valence-electron chi connectivity index (χ1n) is 11.1. The maximum Gasteiger partial charge on any atom is 0.300 e. The van der Waals surface area contributed by atoms with Gasteiger partial charge in [0.1, 0.15) is 17.6 Å². The number of aliphatic hydroxyl groups excluding tert-OH is 1. The molecule has 0 saturated carbocycles. The third-order valence-corrected chi connectivity index (χ3v) is 6.50. The van der Waals surface area contributed by atoms with E-state index in [2.05, 4.69) is 0 Å². The van der Waals surface area contributed by atoms with Gasteiger partial charge in [-0.25, -0.2) is 0 Å². The van der Waals surface area contributed by atoms with Crippen LogP contribution in [-0.4, -0.2) is 22.9 Å². The van der Waals surface area contributed by atoms with E-state index in [9.17, 15) is 14.7 Å². The molecule has 3 aromatic carbocycles. The zero-order valence-corrected chi connectivity index (χ0v) is 18.8. The topological polar surface area (TPSA) is 66.8 Å². The van der Waals surface area contributed by atoms with E-state index < -0.39 is 17.7 Å². The Bertz CT molecular complexity index is 1310. The maximum absolute atomic E-state index is 13.3. The van der Waals surface area contributed by atoms with Crippen LogP contribution in [0.5, 0.6) is 5.75 Å². The molecular formula is C28H25NO4.